The Kier molecular flexibility index (Phi) is 4.81. The molecule has 0 unspecified atom stereocenters. The first-order chi connectivity index (χ1) is 9.01. The van der Waals surface area contributed by atoms with Crippen molar-refractivity contribution in [3.8, 4) is 0 Å². The van der Waals surface area contributed by atoms with Crippen molar-refractivity contribution in [2.24, 2.45) is 0 Å². The summed E-state index contributed by atoms with van der Waals surface area (Å²) in [5.41, 5.74) is -0.686. The van der Waals surface area contributed by atoms with E-state index < -0.39 is 29.3 Å². The molecular weight excluding hydrogens is 271 g/mol. The molecule has 1 aromatic carbocycles. The van der Waals surface area contributed by atoms with E-state index in [1.165, 1.54) is 19.1 Å². The van der Waals surface area contributed by atoms with E-state index in [1.807, 2.05) is 0 Å². The second-order valence-electron chi connectivity index (χ2n) is 5.42. The summed E-state index contributed by atoms with van der Waals surface area (Å²) < 4.78 is 37.3. The lowest BCUT2D eigenvalue weighted by molar-refractivity contribution is -0.137. The van der Waals surface area contributed by atoms with Crippen LogP contribution in [0.25, 0.3) is 0 Å². The molecule has 0 bridgehead atoms. The maximum atomic E-state index is 12.4. The summed E-state index contributed by atoms with van der Waals surface area (Å²) in [5.74, 6) is -0.512. The molecule has 20 heavy (non-hydrogen) atoms. The molecule has 6 heteroatoms. The van der Waals surface area contributed by atoms with Crippen molar-refractivity contribution in [3.63, 3.8) is 0 Å². The van der Waals surface area contributed by atoms with Crippen LogP contribution in [0.5, 0.6) is 0 Å². The van der Waals surface area contributed by atoms with Crippen LogP contribution in [0.3, 0.4) is 0 Å². The Bertz CT molecular complexity index is 464. The largest absolute Gasteiger partial charge is 0.416 e. The van der Waals surface area contributed by atoms with E-state index in [2.05, 4.69) is 5.32 Å². The van der Waals surface area contributed by atoms with Crippen LogP contribution in [0.15, 0.2) is 24.3 Å². The number of aliphatic hydroxyl groups excluding tert-OH is 1. The highest BCUT2D eigenvalue weighted by Crippen LogP contribution is 2.29. The molecule has 3 nitrogen and oxygen atoms in total. The van der Waals surface area contributed by atoms with Crippen molar-refractivity contribution < 1.29 is 23.1 Å². The van der Waals surface area contributed by atoms with Gasteiger partial charge in [0.1, 0.15) is 6.10 Å². The van der Waals surface area contributed by atoms with Crippen LogP contribution in [0.4, 0.5) is 13.2 Å². The number of amides is 1. The molecule has 0 heterocycles. The smallest absolute Gasteiger partial charge is 0.384 e. The molecule has 1 rings (SSSR count). The van der Waals surface area contributed by atoms with E-state index in [9.17, 15) is 18.0 Å². The van der Waals surface area contributed by atoms with Crippen molar-refractivity contribution in [1.29, 1.82) is 0 Å². The molecule has 1 atom stereocenters. The summed E-state index contributed by atoms with van der Waals surface area (Å²) >= 11 is 0. The van der Waals surface area contributed by atoms with Gasteiger partial charge in [0.25, 0.3) is 0 Å². The molecule has 0 aliphatic carbocycles. The Balaban J connectivity index is 2.75. The zero-order valence-electron chi connectivity index (χ0n) is 11.6. The van der Waals surface area contributed by atoms with E-state index in [0.717, 1.165) is 12.1 Å². The minimum atomic E-state index is -4.35. The zero-order chi connectivity index (χ0) is 15.6. The highest BCUT2D eigenvalue weighted by molar-refractivity contribution is 5.80. The molecule has 0 spiro atoms. The molecule has 1 amide bonds. The summed E-state index contributed by atoms with van der Waals surface area (Å²) in [6, 6.07) is 4.81. The summed E-state index contributed by atoms with van der Waals surface area (Å²) in [6.45, 7) is 4.83. The Morgan fingerprint density at radius 3 is 2.15 bits per heavy atom. The predicted molar refractivity (Wildman–Crippen MR) is 69.1 cm³/mol. The van der Waals surface area contributed by atoms with Gasteiger partial charge in [0.05, 0.1) is 5.56 Å². The number of benzene rings is 1. The molecule has 0 aliphatic heterocycles. The average molecular weight is 289 g/mol. The fourth-order valence-corrected chi connectivity index (χ4v) is 1.80. The van der Waals surface area contributed by atoms with Crippen LogP contribution in [-0.2, 0) is 17.4 Å². The van der Waals surface area contributed by atoms with Crippen LogP contribution >= 0.6 is 0 Å². The molecule has 2 N–H and O–H groups in total. The normalized spacial score (nSPS) is 13.9. The standard InChI is InChI=1S/C14H18F3NO2/c1-9(19)12(20)18-13(2,3)8-10-4-6-11(7-5-10)14(15,16)17/h4-7,9,19H,8H2,1-3H3,(H,18,20)/t9-/m0/s1. The monoisotopic (exact) mass is 289 g/mol. The van der Waals surface area contributed by atoms with Gasteiger partial charge < -0.3 is 10.4 Å². The lowest BCUT2D eigenvalue weighted by Crippen LogP contribution is -2.48. The van der Waals surface area contributed by atoms with Gasteiger partial charge in [0, 0.05) is 5.54 Å². The van der Waals surface area contributed by atoms with E-state index in [-0.39, 0.29) is 0 Å². The van der Waals surface area contributed by atoms with E-state index in [4.69, 9.17) is 5.11 Å². The number of aliphatic hydroxyl groups is 1. The number of nitrogens with one attached hydrogen (secondary N) is 1. The van der Waals surface area contributed by atoms with Gasteiger partial charge in [-0.15, -0.1) is 0 Å². The van der Waals surface area contributed by atoms with Crippen LogP contribution in [-0.4, -0.2) is 22.7 Å². The van der Waals surface area contributed by atoms with Crippen molar-refractivity contribution in [2.75, 3.05) is 0 Å². The number of hydrogen-bond acceptors (Lipinski definition) is 2. The second-order valence-corrected chi connectivity index (χ2v) is 5.42. The van der Waals surface area contributed by atoms with Gasteiger partial charge >= 0.3 is 6.18 Å². The number of halogens is 3. The highest BCUT2D eigenvalue weighted by Gasteiger charge is 2.30. The third-order valence-electron chi connectivity index (χ3n) is 2.77. The third kappa shape index (κ3) is 4.85. The quantitative estimate of drug-likeness (QED) is 0.895. The van der Waals surface area contributed by atoms with Gasteiger partial charge in [-0.25, -0.2) is 0 Å². The fraction of sp³-hybridized carbons (Fsp3) is 0.500. The summed E-state index contributed by atoms with van der Waals surface area (Å²) in [5, 5.41) is 11.8. The van der Waals surface area contributed by atoms with Crippen LogP contribution < -0.4 is 5.32 Å². The Morgan fingerprint density at radius 2 is 1.75 bits per heavy atom. The van der Waals surface area contributed by atoms with Gasteiger partial charge in [-0.3, -0.25) is 4.79 Å². The van der Waals surface area contributed by atoms with Crippen molar-refractivity contribution >= 4 is 5.91 Å². The zero-order valence-corrected chi connectivity index (χ0v) is 11.6. The maximum absolute atomic E-state index is 12.4. The van der Waals surface area contributed by atoms with Crippen molar-refractivity contribution in [2.45, 2.75) is 45.0 Å². The SMILES string of the molecule is C[C@H](O)C(=O)NC(C)(C)Cc1ccc(C(F)(F)F)cc1. The molecule has 0 saturated heterocycles. The Morgan fingerprint density at radius 1 is 1.25 bits per heavy atom. The van der Waals surface area contributed by atoms with Gasteiger partial charge in [0.15, 0.2) is 0 Å². The molecule has 0 fully saturated rings. The second kappa shape index (κ2) is 5.83. The molecule has 0 aromatic heterocycles. The van der Waals surface area contributed by atoms with Crippen LogP contribution in [0.1, 0.15) is 31.9 Å². The Labute approximate surface area is 115 Å². The van der Waals surface area contributed by atoms with Gasteiger partial charge in [-0.05, 0) is 44.9 Å². The first-order valence-electron chi connectivity index (χ1n) is 6.17. The minimum absolute atomic E-state index is 0.365. The predicted octanol–water partition coefficient (Wildman–Crippen LogP) is 2.52. The van der Waals surface area contributed by atoms with E-state index >= 15 is 0 Å². The summed E-state index contributed by atoms with van der Waals surface area (Å²) in [6.07, 6.45) is -5.11. The van der Waals surface area contributed by atoms with Crippen LogP contribution in [0.2, 0.25) is 0 Å². The first kappa shape index (κ1) is 16.5. The van der Waals surface area contributed by atoms with Crippen LogP contribution in [0, 0.1) is 0 Å². The summed E-state index contributed by atoms with van der Waals surface area (Å²) in [4.78, 5) is 11.4. The molecular formula is C14H18F3NO2. The summed E-state index contributed by atoms with van der Waals surface area (Å²) in [7, 11) is 0. The minimum Gasteiger partial charge on any atom is -0.384 e. The number of alkyl halides is 3. The maximum Gasteiger partial charge on any atom is 0.416 e. The number of rotatable bonds is 4. The van der Waals surface area contributed by atoms with Gasteiger partial charge in [0.2, 0.25) is 5.91 Å². The molecule has 0 saturated carbocycles. The molecule has 112 valence electrons. The molecule has 0 radical (unpaired) electrons. The molecule has 1 aromatic rings. The Hall–Kier alpha value is -1.56. The third-order valence-corrected chi connectivity index (χ3v) is 2.77. The number of hydrogen-bond donors (Lipinski definition) is 2. The lowest BCUT2D eigenvalue weighted by atomic mass is 9.94. The van der Waals surface area contributed by atoms with Crippen molar-refractivity contribution in [1.82, 2.24) is 5.32 Å². The first-order valence-corrected chi connectivity index (χ1v) is 6.17. The lowest BCUT2D eigenvalue weighted by Gasteiger charge is -2.27. The number of carbonyl (C=O) groups excluding carboxylic acids is 1. The average Bonchev–Trinajstić information content (AvgIpc) is 2.26. The molecule has 0 aliphatic rings. The topological polar surface area (TPSA) is 49.3 Å². The van der Waals surface area contributed by atoms with Crippen molar-refractivity contribution in [3.05, 3.63) is 35.4 Å². The highest BCUT2D eigenvalue weighted by atomic mass is 19.4. The van der Waals surface area contributed by atoms with Gasteiger partial charge in [-0.1, -0.05) is 12.1 Å². The van der Waals surface area contributed by atoms with Gasteiger partial charge in [-0.2, -0.15) is 13.2 Å². The van der Waals surface area contributed by atoms with E-state index in [1.54, 1.807) is 13.8 Å². The van der Waals surface area contributed by atoms with E-state index in [0.29, 0.717) is 12.0 Å². The fourth-order valence-electron chi connectivity index (χ4n) is 1.80. The number of carbonyl (C=O) groups is 1.